The molecule has 1 N–H and O–H groups in total. The van der Waals surface area contributed by atoms with Gasteiger partial charge in [-0.05, 0) is 43.1 Å². The molecule has 0 radical (unpaired) electrons. The Morgan fingerprint density at radius 2 is 2.04 bits per heavy atom. The Morgan fingerprint density at radius 3 is 2.88 bits per heavy atom. The number of benzene rings is 1. The van der Waals surface area contributed by atoms with Crippen molar-refractivity contribution >= 4 is 16.9 Å². The lowest BCUT2D eigenvalue weighted by Crippen LogP contribution is -2.47. The van der Waals surface area contributed by atoms with E-state index in [1.54, 1.807) is 12.4 Å². The maximum Gasteiger partial charge on any atom is 0.271 e. The molecule has 1 fully saturated rings. The summed E-state index contributed by atoms with van der Waals surface area (Å²) in [5.41, 5.74) is 3.10. The summed E-state index contributed by atoms with van der Waals surface area (Å²) in [4.78, 5) is 27.9. The molecule has 1 aliphatic heterocycles. The van der Waals surface area contributed by atoms with E-state index < -0.39 is 0 Å². The first-order valence-electron chi connectivity index (χ1n) is 8.92. The number of nitrogens with one attached hydrogen (secondary N) is 1. The number of para-hydroxylation sites is 2. The van der Waals surface area contributed by atoms with E-state index in [1.807, 2.05) is 36.5 Å². The number of rotatable bonds is 4. The molecule has 3 aromatic rings. The topological polar surface area (TPSA) is 71.0 Å². The van der Waals surface area contributed by atoms with Crippen molar-refractivity contribution in [3.05, 3.63) is 66.2 Å². The van der Waals surface area contributed by atoms with E-state index in [2.05, 4.69) is 31.2 Å². The highest BCUT2D eigenvalue weighted by molar-refractivity contribution is 5.93. The maximum atomic E-state index is 12.6. The van der Waals surface area contributed by atoms with Gasteiger partial charge >= 0.3 is 0 Å². The van der Waals surface area contributed by atoms with Crippen LogP contribution in [0.3, 0.4) is 0 Å². The average Bonchev–Trinajstić information content (AvgIpc) is 2.68. The van der Waals surface area contributed by atoms with E-state index in [0.717, 1.165) is 43.5 Å². The number of amides is 1. The molecule has 1 unspecified atom stereocenters. The third-order valence-electron chi connectivity index (χ3n) is 4.65. The number of carbonyl (C=O) groups excluding carboxylic acids is 1. The number of pyridine rings is 1. The maximum absolute atomic E-state index is 12.6. The van der Waals surface area contributed by atoms with Crippen molar-refractivity contribution in [3.63, 3.8) is 0 Å². The van der Waals surface area contributed by atoms with Gasteiger partial charge < -0.3 is 5.32 Å². The molecule has 4 rings (SSSR count). The fraction of sp³-hybridized carbons (Fsp3) is 0.300. The third-order valence-corrected chi connectivity index (χ3v) is 4.65. The van der Waals surface area contributed by atoms with Gasteiger partial charge in [0.2, 0.25) is 0 Å². The predicted molar refractivity (Wildman–Crippen MR) is 99.5 cm³/mol. The van der Waals surface area contributed by atoms with Gasteiger partial charge in [-0.2, -0.15) is 0 Å². The monoisotopic (exact) mass is 347 g/mol. The minimum Gasteiger partial charge on any atom is -0.347 e. The van der Waals surface area contributed by atoms with Crippen LogP contribution in [0.2, 0.25) is 0 Å². The predicted octanol–water partition coefficient (Wildman–Crippen LogP) is 2.42. The highest BCUT2D eigenvalue weighted by Gasteiger charge is 2.22. The van der Waals surface area contributed by atoms with E-state index in [1.165, 1.54) is 5.56 Å². The Labute approximate surface area is 152 Å². The molecule has 3 heterocycles. The van der Waals surface area contributed by atoms with Crippen LogP contribution in [0.15, 0.2) is 55.0 Å². The molecule has 1 atom stereocenters. The van der Waals surface area contributed by atoms with Crippen LogP contribution in [-0.4, -0.2) is 44.9 Å². The van der Waals surface area contributed by atoms with Crippen LogP contribution >= 0.6 is 0 Å². The average molecular weight is 347 g/mol. The standard InChI is InChI=1S/C20H21N5O/c26-20(19-12-22-17-7-1-2-8-18(17)24-19)23-16-6-4-10-25(14-16)13-15-5-3-9-21-11-15/h1-3,5,7-9,11-12,16H,4,6,10,13-14H2,(H,23,26). The van der Waals surface area contributed by atoms with Crippen LogP contribution in [0.1, 0.15) is 28.9 Å². The third kappa shape index (κ3) is 3.86. The number of piperidine rings is 1. The van der Waals surface area contributed by atoms with Crippen molar-refractivity contribution in [3.8, 4) is 0 Å². The normalized spacial score (nSPS) is 17.9. The van der Waals surface area contributed by atoms with E-state index >= 15 is 0 Å². The quantitative estimate of drug-likeness (QED) is 0.785. The van der Waals surface area contributed by atoms with Crippen LogP contribution < -0.4 is 5.32 Å². The Morgan fingerprint density at radius 1 is 1.15 bits per heavy atom. The van der Waals surface area contributed by atoms with E-state index in [0.29, 0.717) is 5.69 Å². The highest BCUT2D eigenvalue weighted by atomic mass is 16.2. The van der Waals surface area contributed by atoms with Crippen molar-refractivity contribution in [1.29, 1.82) is 0 Å². The van der Waals surface area contributed by atoms with Crippen LogP contribution in [0.5, 0.6) is 0 Å². The lowest BCUT2D eigenvalue weighted by atomic mass is 10.0. The van der Waals surface area contributed by atoms with Gasteiger partial charge in [0.15, 0.2) is 0 Å². The molecule has 0 spiro atoms. The highest BCUT2D eigenvalue weighted by Crippen LogP contribution is 2.14. The number of aromatic nitrogens is 3. The zero-order chi connectivity index (χ0) is 17.8. The summed E-state index contributed by atoms with van der Waals surface area (Å²) >= 11 is 0. The van der Waals surface area contributed by atoms with Crippen LogP contribution in [0.4, 0.5) is 0 Å². The summed E-state index contributed by atoms with van der Waals surface area (Å²) in [6.45, 7) is 2.73. The Kier molecular flexibility index (Phi) is 4.84. The molecule has 6 nitrogen and oxygen atoms in total. The number of carbonyl (C=O) groups is 1. The van der Waals surface area contributed by atoms with Gasteiger partial charge in [0.25, 0.3) is 5.91 Å². The van der Waals surface area contributed by atoms with Gasteiger partial charge in [-0.3, -0.25) is 19.7 Å². The largest absolute Gasteiger partial charge is 0.347 e. The second-order valence-electron chi connectivity index (χ2n) is 6.65. The molecule has 0 aliphatic carbocycles. The first-order valence-corrected chi connectivity index (χ1v) is 8.92. The molecule has 2 aromatic heterocycles. The molecule has 1 amide bonds. The van der Waals surface area contributed by atoms with Gasteiger partial charge in [0.1, 0.15) is 5.69 Å². The smallest absolute Gasteiger partial charge is 0.271 e. The molecule has 6 heteroatoms. The summed E-state index contributed by atoms with van der Waals surface area (Å²) in [5, 5.41) is 3.12. The first kappa shape index (κ1) is 16.6. The molecule has 132 valence electrons. The Balaban J connectivity index is 1.40. The van der Waals surface area contributed by atoms with Gasteiger partial charge in [-0.15, -0.1) is 0 Å². The minimum atomic E-state index is -0.156. The van der Waals surface area contributed by atoms with E-state index in [4.69, 9.17) is 0 Å². The van der Waals surface area contributed by atoms with Crippen LogP contribution in [0, 0.1) is 0 Å². The molecule has 0 bridgehead atoms. The van der Waals surface area contributed by atoms with Crippen molar-refractivity contribution in [1.82, 2.24) is 25.2 Å². The molecular weight excluding hydrogens is 326 g/mol. The summed E-state index contributed by atoms with van der Waals surface area (Å²) in [7, 11) is 0. The molecule has 0 saturated carbocycles. The fourth-order valence-corrected chi connectivity index (χ4v) is 3.39. The van der Waals surface area contributed by atoms with Crippen molar-refractivity contribution < 1.29 is 4.79 Å². The number of likely N-dealkylation sites (tertiary alicyclic amines) is 1. The Bertz CT molecular complexity index is 899. The van der Waals surface area contributed by atoms with Gasteiger partial charge in [-0.25, -0.2) is 4.98 Å². The molecule has 1 aromatic carbocycles. The summed E-state index contributed by atoms with van der Waals surface area (Å²) in [6.07, 6.45) is 7.28. The van der Waals surface area contributed by atoms with Crippen molar-refractivity contribution in [2.75, 3.05) is 13.1 Å². The van der Waals surface area contributed by atoms with Gasteiger partial charge in [0, 0.05) is 31.5 Å². The summed E-state index contributed by atoms with van der Waals surface area (Å²) in [5.74, 6) is -0.156. The minimum absolute atomic E-state index is 0.126. The summed E-state index contributed by atoms with van der Waals surface area (Å²) in [6, 6.07) is 11.7. The number of fused-ring (bicyclic) bond motifs is 1. The van der Waals surface area contributed by atoms with Gasteiger partial charge in [0.05, 0.1) is 17.2 Å². The molecule has 1 aliphatic rings. The second-order valence-corrected chi connectivity index (χ2v) is 6.65. The molecular formula is C20H21N5O. The Hall–Kier alpha value is -2.86. The van der Waals surface area contributed by atoms with Crippen molar-refractivity contribution in [2.24, 2.45) is 0 Å². The first-order chi connectivity index (χ1) is 12.8. The number of hydrogen-bond acceptors (Lipinski definition) is 5. The zero-order valence-electron chi connectivity index (χ0n) is 14.5. The number of hydrogen-bond donors (Lipinski definition) is 1. The van der Waals surface area contributed by atoms with Gasteiger partial charge in [-0.1, -0.05) is 18.2 Å². The number of nitrogens with zero attached hydrogens (tertiary/aromatic N) is 4. The molecule has 26 heavy (non-hydrogen) atoms. The fourth-order valence-electron chi connectivity index (χ4n) is 3.39. The summed E-state index contributed by atoms with van der Waals surface area (Å²) < 4.78 is 0. The molecule has 1 saturated heterocycles. The lowest BCUT2D eigenvalue weighted by Gasteiger charge is -2.33. The SMILES string of the molecule is O=C(NC1CCCN(Cc2cccnc2)C1)c1cnc2ccccc2n1. The van der Waals surface area contributed by atoms with Crippen LogP contribution in [-0.2, 0) is 6.54 Å². The second kappa shape index (κ2) is 7.58. The van der Waals surface area contributed by atoms with E-state index in [-0.39, 0.29) is 11.9 Å². The lowest BCUT2D eigenvalue weighted by molar-refractivity contribution is 0.0895. The van der Waals surface area contributed by atoms with Crippen LogP contribution in [0.25, 0.3) is 11.0 Å². The van der Waals surface area contributed by atoms with Crippen molar-refractivity contribution in [2.45, 2.75) is 25.4 Å². The van der Waals surface area contributed by atoms with E-state index in [9.17, 15) is 4.79 Å². The zero-order valence-corrected chi connectivity index (χ0v) is 14.5.